The molecule has 3 N–H and O–H groups in total. The van der Waals surface area contributed by atoms with Gasteiger partial charge in [-0.1, -0.05) is 20.8 Å². The zero-order chi connectivity index (χ0) is 19.9. The highest BCUT2D eigenvalue weighted by Gasteiger charge is 2.36. The van der Waals surface area contributed by atoms with E-state index < -0.39 is 22.0 Å². The lowest BCUT2D eigenvalue weighted by molar-refractivity contribution is 0.0970. The standard InChI is InChI=1S/C17H29N3O5S/c1-17(2,3)15-11(6-14(25-15)16(18)22)7-20-8-12(13(21)9-20)10-26(23,24)19(4)5/h6,12-13,21H,7-10H2,1-5H3,(H2,18,22)/t12-,13-/m0/s1. The number of carbonyl (C=O) groups is 1. The number of nitrogens with two attached hydrogens (primary N) is 1. The molecule has 1 aromatic heterocycles. The third-order valence-corrected chi connectivity index (χ3v) is 6.55. The van der Waals surface area contributed by atoms with Crippen LogP contribution in [0.3, 0.4) is 0 Å². The number of hydrogen-bond donors (Lipinski definition) is 2. The Kier molecular flexibility index (Phi) is 5.86. The van der Waals surface area contributed by atoms with E-state index >= 15 is 0 Å². The fourth-order valence-electron chi connectivity index (χ4n) is 3.20. The summed E-state index contributed by atoms with van der Waals surface area (Å²) >= 11 is 0. The van der Waals surface area contributed by atoms with Crippen LogP contribution in [0.1, 0.15) is 42.6 Å². The lowest BCUT2D eigenvalue weighted by Gasteiger charge is -2.21. The summed E-state index contributed by atoms with van der Waals surface area (Å²) < 4.78 is 31.0. The smallest absolute Gasteiger partial charge is 0.284 e. The Balaban J connectivity index is 2.16. The van der Waals surface area contributed by atoms with Crippen molar-refractivity contribution in [1.82, 2.24) is 9.21 Å². The Morgan fingerprint density at radius 1 is 1.38 bits per heavy atom. The van der Waals surface area contributed by atoms with Crippen LogP contribution >= 0.6 is 0 Å². The van der Waals surface area contributed by atoms with Gasteiger partial charge in [-0.3, -0.25) is 9.69 Å². The van der Waals surface area contributed by atoms with Crippen LogP contribution < -0.4 is 5.73 Å². The maximum atomic E-state index is 12.1. The summed E-state index contributed by atoms with van der Waals surface area (Å²) in [4.78, 5) is 13.4. The van der Waals surface area contributed by atoms with E-state index in [1.165, 1.54) is 18.4 Å². The number of nitrogens with zero attached hydrogens (tertiary/aromatic N) is 2. The summed E-state index contributed by atoms with van der Waals surface area (Å²) in [6, 6.07) is 1.64. The zero-order valence-corrected chi connectivity index (χ0v) is 16.8. The predicted molar refractivity (Wildman–Crippen MR) is 98.2 cm³/mol. The van der Waals surface area contributed by atoms with E-state index in [-0.39, 0.29) is 22.8 Å². The second-order valence-electron chi connectivity index (χ2n) is 8.16. The minimum Gasteiger partial charge on any atom is -0.455 e. The SMILES string of the molecule is CN(C)S(=O)(=O)C[C@@H]1CN(Cc2cc(C(N)=O)oc2C(C)(C)C)C[C@@H]1O. The maximum absolute atomic E-state index is 12.1. The highest BCUT2D eigenvalue weighted by Crippen LogP contribution is 2.31. The molecule has 0 aromatic carbocycles. The van der Waals surface area contributed by atoms with Crippen molar-refractivity contribution in [3.63, 3.8) is 0 Å². The molecule has 0 saturated carbocycles. The van der Waals surface area contributed by atoms with Gasteiger partial charge < -0.3 is 15.3 Å². The lowest BCUT2D eigenvalue weighted by Crippen LogP contribution is -2.33. The molecule has 1 amide bonds. The zero-order valence-electron chi connectivity index (χ0n) is 16.0. The van der Waals surface area contributed by atoms with Crippen LogP contribution in [-0.2, 0) is 22.0 Å². The first-order valence-electron chi connectivity index (χ1n) is 8.55. The Morgan fingerprint density at radius 3 is 2.50 bits per heavy atom. The molecule has 1 aliphatic heterocycles. The molecule has 0 bridgehead atoms. The Morgan fingerprint density at radius 2 is 2.00 bits per heavy atom. The second-order valence-corrected chi connectivity index (χ2v) is 10.4. The average molecular weight is 388 g/mol. The fourth-order valence-corrected chi connectivity index (χ4v) is 4.36. The van der Waals surface area contributed by atoms with Gasteiger partial charge in [0.1, 0.15) is 5.76 Å². The highest BCUT2D eigenvalue weighted by molar-refractivity contribution is 7.89. The van der Waals surface area contributed by atoms with Crippen molar-refractivity contribution in [3.8, 4) is 0 Å². The third-order valence-electron chi connectivity index (χ3n) is 4.59. The molecule has 148 valence electrons. The highest BCUT2D eigenvalue weighted by atomic mass is 32.2. The molecular formula is C17H29N3O5S. The molecule has 0 spiro atoms. The number of hydrogen-bond acceptors (Lipinski definition) is 6. The Hall–Kier alpha value is -1.42. The van der Waals surface area contributed by atoms with E-state index in [4.69, 9.17) is 10.2 Å². The van der Waals surface area contributed by atoms with Crippen molar-refractivity contribution in [2.75, 3.05) is 32.9 Å². The quantitative estimate of drug-likeness (QED) is 0.728. The van der Waals surface area contributed by atoms with Crippen molar-refractivity contribution in [2.24, 2.45) is 11.7 Å². The van der Waals surface area contributed by atoms with Crippen molar-refractivity contribution >= 4 is 15.9 Å². The van der Waals surface area contributed by atoms with E-state index in [1.807, 2.05) is 25.7 Å². The van der Waals surface area contributed by atoms with Crippen LogP contribution in [0.15, 0.2) is 10.5 Å². The summed E-state index contributed by atoms with van der Waals surface area (Å²) in [7, 11) is -0.408. The number of β-amino-alcohol motifs (C(OH)–C–C–N with tert-alkyl or cyclic N) is 1. The van der Waals surface area contributed by atoms with Gasteiger partial charge in [0.05, 0.1) is 11.9 Å². The van der Waals surface area contributed by atoms with Crippen LogP contribution in [0.2, 0.25) is 0 Å². The van der Waals surface area contributed by atoms with Gasteiger partial charge in [0, 0.05) is 50.6 Å². The van der Waals surface area contributed by atoms with Gasteiger partial charge in [0.15, 0.2) is 5.76 Å². The number of aliphatic hydroxyl groups excluding tert-OH is 1. The van der Waals surface area contributed by atoms with Crippen molar-refractivity contribution < 1.29 is 22.7 Å². The van der Waals surface area contributed by atoms with E-state index in [2.05, 4.69) is 0 Å². The van der Waals surface area contributed by atoms with E-state index in [0.717, 1.165) is 5.56 Å². The molecule has 2 heterocycles. The number of primary amides is 1. The normalized spacial score (nSPS) is 22.3. The van der Waals surface area contributed by atoms with Crippen molar-refractivity contribution in [1.29, 1.82) is 0 Å². The largest absolute Gasteiger partial charge is 0.455 e. The van der Waals surface area contributed by atoms with Crippen LogP contribution in [0.5, 0.6) is 0 Å². The molecule has 0 unspecified atom stereocenters. The molecule has 1 aromatic rings. The van der Waals surface area contributed by atoms with Gasteiger partial charge in [-0.25, -0.2) is 12.7 Å². The number of rotatable bonds is 6. The molecular weight excluding hydrogens is 358 g/mol. The second kappa shape index (κ2) is 7.30. The number of sulfonamides is 1. The van der Waals surface area contributed by atoms with E-state index in [9.17, 15) is 18.3 Å². The summed E-state index contributed by atoms with van der Waals surface area (Å²) in [6.07, 6.45) is -0.717. The fraction of sp³-hybridized carbons (Fsp3) is 0.706. The molecule has 9 heteroatoms. The average Bonchev–Trinajstić information content (AvgIpc) is 3.03. The van der Waals surface area contributed by atoms with Gasteiger partial charge in [0.25, 0.3) is 5.91 Å². The topological polar surface area (TPSA) is 117 Å². The molecule has 8 nitrogen and oxygen atoms in total. The van der Waals surface area contributed by atoms with Gasteiger partial charge in [-0.15, -0.1) is 0 Å². The number of likely N-dealkylation sites (tertiary alicyclic amines) is 1. The molecule has 1 fully saturated rings. The number of aliphatic hydroxyl groups is 1. The van der Waals surface area contributed by atoms with Crippen molar-refractivity contribution in [2.45, 2.75) is 38.8 Å². The van der Waals surface area contributed by atoms with Crippen molar-refractivity contribution in [3.05, 3.63) is 23.2 Å². The van der Waals surface area contributed by atoms with Crippen LogP contribution in [0.4, 0.5) is 0 Å². The third kappa shape index (κ3) is 4.64. The molecule has 1 saturated heterocycles. The maximum Gasteiger partial charge on any atom is 0.284 e. The Bertz CT molecular complexity index is 764. The van der Waals surface area contributed by atoms with Gasteiger partial charge in [-0.2, -0.15) is 0 Å². The molecule has 26 heavy (non-hydrogen) atoms. The number of furan rings is 1. The van der Waals surface area contributed by atoms with Gasteiger partial charge in [-0.05, 0) is 6.07 Å². The van der Waals surface area contributed by atoms with Gasteiger partial charge >= 0.3 is 0 Å². The lowest BCUT2D eigenvalue weighted by atomic mass is 9.90. The van der Waals surface area contributed by atoms with Crippen LogP contribution in [0.25, 0.3) is 0 Å². The van der Waals surface area contributed by atoms with Crippen LogP contribution in [0, 0.1) is 5.92 Å². The monoisotopic (exact) mass is 387 g/mol. The summed E-state index contributed by atoms with van der Waals surface area (Å²) in [5.74, 6) is -0.301. The minimum absolute atomic E-state index is 0.0955. The van der Waals surface area contributed by atoms with Gasteiger partial charge in [0.2, 0.25) is 10.0 Å². The first kappa shape index (κ1) is 20.9. The van der Waals surface area contributed by atoms with E-state index in [0.29, 0.717) is 25.4 Å². The van der Waals surface area contributed by atoms with Crippen LogP contribution in [-0.4, -0.2) is 67.7 Å². The summed E-state index contributed by atoms with van der Waals surface area (Å²) in [5, 5.41) is 10.3. The predicted octanol–water partition coefficient (Wildman–Crippen LogP) is 0.360. The number of amides is 1. The summed E-state index contributed by atoms with van der Waals surface area (Å²) in [5.41, 5.74) is 5.85. The molecule has 2 atom stereocenters. The summed E-state index contributed by atoms with van der Waals surface area (Å²) in [6.45, 7) is 7.21. The molecule has 0 aliphatic carbocycles. The molecule has 2 rings (SSSR count). The Labute approximate surface area is 155 Å². The molecule has 0 radical (unpaired) electrons. The first-order chi connectivity index (χ1) is 11.8. The van der Waals surface area contributed by atoms with E-state index in [1.54, 1.807) is 6.07 Å². The first-order valence-corrected chi connectivity index (χ1v) is 10.2. The molecule has 1 aliphatic rings. The number of carbonyl (C=O) groups excluding carboxylic acids is 1. The minimum atomic E-state index is -3.38.